The lowest BCUT2D eigenvalue weighted by atomic mass is 10.1. The number of hydrogen-bond acceptors (Lipinski definition) is 5. The molecule has 0 saturated heterocycles. The standard InChI is InChI=1S/C20H17N5O2/c26-19(13-5-7-23-18(9-13)20(27)24-16-3-4-16)25-17-8-15(11-22-12-17)14-2-1-6-21-10-14/h1-2,5-12,16H,3-4H2,(H,24,27)(H,25,26). The molecular formula is C20H17N5O2. The van der Waals surface area contributed by atoms with E-state index in [0.29, 0.717) is 11.3 Å². The number of amides is 2. The number of nitrogens with zero attached hydrogens (tertiary/aromatic N) is 3. The Morgan fingerprint density at radius 1 is 0.926 bits per heavy atom. The van der Waals surface area contributed by atoms with Crippen LogP contribution in [0.3, 0.4) is 0 Å². The highest BCUT2D eigenvalue weighted by atomic mass is 16.2. The topological polar surface area (TPSA) is 96.9 Å². The van der Waals surface area contributed by atoms with Crippen LogP contribution in [-0.2, 0) is 0 Å². The quantitative estimate of drug-likeness (QED) is 0.730. The molecule has 2 amide bonds. The molecule has 3 heterocycles. The summed E-state index contributed by atoms with van der Waals surface area (Å²) in [6.07, 6.45) is 10.2. The first-order valence-corrected chi connectivity index (χ1v) is 8.63. The molecule has 0 spiro atoms. The summed E-state index contributed by atoms with van der Waals surface area (Å²) in [5.74, 6) is -0.588. The molecule has 3 aromatic rings. The molecule has 0 aromatic carbocycles. The van der Waals surface area contributed by atoms with E-state index in [1.54, 1.807) is 30.9 Å². The van der Waals surface area contributed by atoms with Gasteiger partial charge in [0.25, 0.3) is 11.8 Å². The molecule has 3 aromatic heterocycles. The normalized spacial score (nSPS) is 13.0. The second-order valence-corrected chi connectivity index (χ2v) is 6.34. The minimum atomic E-state index is -0.331. The van der Waals surface area contributed by atoms with Gasteiger partial charge in [-0.15, -0.1) is 0 Å². The van der Waals surface area contributed by atoms with E-state index in [1.165, 1.54) is 12.3 Å². The van der Waals surface area contributed by atoms with E-state index in [4.69, 9.17) is 0 Å². The van der Waals surface area contributed by atoms with Crippen LogP contribution in [0, 0.1) is 0 Å². The average Bonchev–Trinajstić information content (AvgIpc) is 3.53. The van der Waals surface area contributed by atoms with Crippen LogP contribution in [0.5, 0.6) is 0 Å². The summed E-state index contributed by atoms with van der Waals surface area (Å²) in [7, 11) is 0. The van der Waals surface area contributed by atoms with Gasteiger partial charge in [0.2, 0.25) is 0 Å². The van der Waals surface area contributed by atoms with E-state index in [1.807, 2.05) is 18.2 Å². The maximum atomic E-state index is 12.6. The number of pyridine rings is 3. The Morgan fingerprint density at radius 2 is 1.78 bits per heavy atom. The lowest BCUT2D eigenvalue weighted by Crippen LogP contribution is -2.26. The van der Waals surface area contributed by atoms with Crippen molar-refractivity contribution in [2.24, 2.45) is 0 Å². The van der Waals surface area contributed by atoms with E-state index in [-0.39, 0.29) is 23.6 Å². The minimum absolute atomic E-state index is 0.233. The highest BCUT2D eigenvalue weighted by Gasteiger charge is 2.24. The third kappa shape index (κ3) is 4.14. The van der Waals surface area contributed by atoms with Gasteiger partial charge in [-0.25, -0.2) is 0 Å². The summed E-state index contributed by atoms with van der Waals surface area (Å²) in [6.45, 7) is 0. The lowest BCUT2D eigenvalue weighted by molar-refractivity contribution is 0.0946. The SMILES string of the molecule is O=C(Nc1cncc(-c2cccnc2)c1)c1ccnc(C(=O)NC2CC2)c1. The molecule has 27 heavy (non-hydrogen) atoms. The van der Waals surface area contributed by atoms with Gasteiger partial charge in [-0.1, -0.05) is 6.07 Å². The average molecular weight is 359 g/mol. The lowest BCUT2D eigenvalue weighted by Gasteiger charge is -2.08. The van der Waals surface area contributed by atoms with Crippen LogP contribution < -0.4 is 10.6 Å². The molecule has 0 atom stereocenters. The number of nitrogens with one attached hydrogen (secondary N) is 2. The first-order valence-electron chi connectivity index (χ1n) is 8.63. The highest BCUT2D eigenvalue weighted by Crippen LogP contribution is 2.21. The van der Waals surface area contributed by atoms with Crippen molar-refractivity contribution in [3.63, 3.8) is 0 Å². The van der Waals surface area contributed by atoms with E-state index >= 15 is 0 Å². The van der Waals surface area contributed by atoms with Crippen molar-refractivity contribution in [3.8, 4) is 11.1 Å². The number of aromatic nitrogens is 3. The summed E-state index contributed by atoms with van der Waals surface area (Å²) >= 11 is 0. The number of rotatable bonds is 5. The largest absolute Gasteiger partial charge is 0.348 e. The molecule has 1 fully saturated rings. The van der Waals surface area contributed by atoms with E-state index in [2.05, 4.69) is 25.6 Å². The van der Waals surface area contributed by atoms with Crippen molar-refractivity contribution in [3.05, 3.63) is 72.6 Å². The third-order valence-corrected chi connectivity index (χ3v) is 4.16. The van der Waals surface area contributed by atoms with Gasteiger partial charge in [-0.2, -0.15) is 0 Å². The molecule has 1 aliphatic carbocycles. The van der Waals surface area contributed by atoms with Crippen LogP contribution in [0.15, 0.2) is 61.3 Å². The zero-order valence-electron chi connectivity index (χ0n) is 14.4. The Labute approximate surface area is 155 Å². The molecule has 0 unspecified atom stereocenters. The van der Waals surface area contributed by atoms with Crippen molar-refractivity contribution in [1.29, 1.82) is 0 Å². The van der Waals surface area contributed by atoms with Crippen molar-refractivity contribution in [2.75, 3.05) is 5.32 Å². The van der Waals surface area contributed by atoms with E-state index < -0.39 is 0 Å². The molecule has 0 radical (unpaired) electrons. The fraction of sp³-hybridized carbons (Fsp3) is 0.150. The Kier molecular flexibility index (Phi) is 4.57. The second kappa shape index (κ2) is 7.33. The molecule has 4 rings (SSSR count). The molecule has 7 nitrogen and oxygen atoms in total. The van der Waals surface area contributed by atoms with Crippen LogP contribution in [0.4, 0.5) is 5.69 Å². The zero-order chi connectivity index (χ0) is 18.6. The van der Waals surface area contributed by atoms with Crippen molar-refractivity contribution < 1.29 is 9.59 Å². The Balaban J connectivity index is 1.50. The minimum Gasteiger partial charge on any atom is -0.348 e. The summed E-state index contributed by atoms with van der Waals surface area (Å²) in [4.78, 5) is 37.0. The van der Waals surface area contributed by atoms with Crippen molar-refractivity contribution in [2.45, 2.75) is 18.9 Å². The summed E-state index contributed by atoms with van der Waals surface area (Å²) in [6, 6.07) is 8.88. The predicted molar refractivity (Wildman–Crippen MR) is 100 cm³/mol. The fourth-order valence-corrected chi connectivity index (χ4v) is 2.59. The van der Waals surface area contributed by atoms with Gasteiger partial charge in [0.05, 0.1) is 11.9 Å². The number of hydrogen-bond donors (Lipinski definition) is 2. The molecule has 0 aliphatic heterocycles. The molecule has 2 N–H and O–H groups in total. The van der Waals surface area contributed by atoms with Crippen LogP contribution in [-0.4, -0.2) is 32.8 Å². The first kappa shape index (κ1) is 16.8. The molecule has 1 saturated carbocycles. The first-order chi connectivity index (χ1) is 13.2. The Bertz CT molecular complexity index is 986. The van der Waals surface area contributed by atoms with Crippen molar-refractivity contribution in [1.82, 2.24) is 20.3 Å². The predicted octanol–water partition coefficient (Wildman–Crippen LogP) is 2.68. The smallest absolute Gasteiger partial charge is 0.270 e. The molecule has 134 valence electrons. The molecular weight excluding hydrogens is 342 g/mol. The maximum absolute atomic E-state index is 12.6. The highest BCUT2D eigenvalue weighted by molar-refractivity contribution is 6.05. The molecule has 1 aliphatic rings. The van der Waals surface area contributed by atoms with Gasteiger partial charge in [0.1, 0.15) is 5.69 Å². The number of carbonyl (C=O) groups excluding carboxylic acids is 2. The van der Waals surface area contributed by atoms with E-state index in [0.717, 1.165) is 24.0 Å². The van der Waals surface area contributed by atoms with Crippen LogP contribution in [0.2, 0.25) is 0 Å². The van der Waals surface area contributed by atoms with Crippen LogP contribution in [0.25, 0.3) is 11.1 Å². The number of carbonyl (C=O) groups is 2. The molecule has 0 bridgehead atoms. The van der Waals surface area contributed by atoms with Gasteiger partial charge in [-0.05, 0) is 37.1 Å². The van der Waals surface area contributed by atoms with Crippen LogP contribution in [0.1, 0.15) is 33.7 Å². The van der Waals surface area contributed by atoms with Gasteiger partial charge in [0, 0.05) is 47.5 Å². The van der Waals surface area contributed by atoms with E-state index in [9.17, 15) is 9.59 Å². The summed E-state index contributed by atoms with van der Waals surface area (Å²) in [5.41, 5.74) is 2.90. The Morgan fingerprint density at radius 3 is 2.56 bits per heavy atom. The fourth-order valence-electron chi connectivity index (χ4n) is 2.59. The second-order valence-electron chi connectivity index (χ2n) is 6.34. The van der Waals surface area contributed by atoms with Gasteiger partial charge in [0.15, 0.2) is 0 Å². The van der Waals surface area contributed by atoms with Gasteiger partial charge in [-0.3, -0.25) is 24.5 Å². The maximum Gasteiger partial charge on any atom is 0.270 e. The monoisotopic (exact) mass is 359 g/mol. The third-order valence-electron chi connectivity index (χ3n) is 4.16. The molecule has 7 heteroatoms. The zero-order valence-corrected chi connectivity index (χ0v) is 14.4. The van der Waals surface area contributed by atoms with Crippen molar-refractivity contribution >= 4 is 17.5 Å². The summed E-state index contributed by atoms with van der Waals surface area (Å²) < 4.78 is 0. The van der Waals surface area contributed by atoms with Crippen LogP contribution >= 0.6 is 0 Å². The summed E-state index contributed by atoms with van der Waals surface area (Å²) in [5, 5.41) is 5.67. The van der Waals surface area contributed by atoms with Gasteiger partial charge >= 0.3 is 0 Å². The van der Waals surface area contributed by atoms with Gasteiger partial charge < -0.3 is 10.6 Å². The Hall–Kier alpha value is -3.61. The number of anilines is 1.